The van der Waals surface area contributed by atoms with E-state index >= 15 is 0 Å². The molecule has 0 unspecified atom stereocenters. The van der Waals surface area contributed by atoms with Crippen LogP contribution in [0.15, 0.2) is 24.3 Å². The fourth-order valence-electron chi connectivity index (χ4n) is 3.04. The lowest BCUT2D eigenvalue weighted by Crippen LogP contribution is -1.92. The van der Waals surface area contributed by atoms with E-state index in [0.717, 1.165) is 12.0 Å². The Hall–Kier alpha value is -1.71. The maximum Gasteiger partial charge on any atom is 0.204 e. The molecule has 0 aliphatic rings. The number of tetrazole rings is 1. The largest absolute Gasteiger partial charge is 0.204 e. The van der Waals surface area contributed by atoms with E-state index in [2.05, 4.69) is 45.7 Å². The summed E-state index contributed by atoms with van der Waals surface area (Å²) in [6.07, 6.45) is 14.8. The van der Waals surface area contributed by atoms with Gasteiger partial charge in [0.05, 0.1) is 0 Å². The van der Waals surface area contributed by atoms with Crippen LogP contribution in [0.25, 0.3) is 11.4 Å². The van der Waals surface area contributed by atoms with Crippen LogP contribution in [-0.2, 0) is 6.42 Å². The Morgan fingerprint density at radius 3 is 2.13 bits per heavy atom. The Kier molecular flexibility index (Phi) is 8.38. The summed E-state index contributed by atoms with van der Waals surface area (Å²) in [6, 6.07) is 8.39. The number of hydrogen-bond acceptors (Lipinski definition) is 3. The molecule has 4 heteroatoms. The summed E-state index contributed by atoms with van der Waals surface area (Å²) in [6.45, 7) is 2.27. The van der Waals surface area contributed by atoms with Crippen molar-refractivity contribution in [2.24, 2.45) is 0 Å². The predicted molar refractivity (Wildman–Crippen MR) is 95.2 cm³/mol. The van der Waals surface area contributed by atoms with Crippen molar-refractivity contribution in [3.63, 3.8) is 0 Å². The number of H-pyrrole nitrogens is 1. The standard InChI is InChI=1S/C19H30N4/c1-2-3-4-5-6-7-8-9-10-11-14-17-15-12-13-16-18(17)19-20-22-23-21-19/h12-13,15-16H,2-11,14H2,1H3,(H,20,21,22,23). The van der Waals surface area contributed by atoms with Crippen LogP contribution in [-0.4, -0.2) is 20.6 Å². The molecule has 1 aromatic heterocycles. The normalized spacial score (nSPS) is 11.0. The summed E-state index contributed by atoms with van der Waals surface area (Å²) < 4.78 is 0. The van der Waals surface area contributed by atoms with Gasteiger partial charge in [0, 0.05) is 5.56 Å². The van der Waals surface area contributed by atoms with Gasteiger partial charge >= 0.3 is 0 Å². The molecule has 23 heavy (non-hydrogen) atoms. The molecule has 0 aliphatic heterocycles. The first-order chi connectivity index (χ1) is 11.4. The molecule has 1 heterocycles. The molecular formula is C19H30N4. The fraction of sp³-hybridized carbons (Fsp3) is 0.632. The van der Waals surface area contributed by atoms with Crippen LogP contribution in [0, 0.1) is 0 Å². The van der Waals surface area contributed by atoms with Crippen molar-refractivity contribution >= 4 is 0 Å². The van der Waals surface area contributed by atoms with Crippen LogP contribution in [0.3, 0.4) is 0 Å². The highest BCUT2D eigenvalue weighted by Gasteiger charge is 2.08. The zero-order chi connectivity index (χ0) is 16.2. The van der Waals surface area contributed by atoms with Crippen molar-refractivity contribution in [1.29, 1.82) is 0 Å². The highest BCUT2D eigenvalue weighted by atomic mass is 15.5. The molecule has 1 N–H and O–H groups in total. The highest BCUT2D eigenvalue weighted by Crippen LogP contribution is 2.21. The number of benzene rings is 1. The van der Waals surface area contributed by atoms with Gasteiger partial charge in [-0.15, -0.1) is 10.2 Å². The average Bonchev–Trinajstić information content (AvgIpc) is 3.11. The van der Waals surface area contributed by atoms with Crippen LogP contribution >= 0.6 is 0 Å². The molecule has 4 nitrogen and oxygen atoms in total. The molecular weight excluding hydrogens is 284 g/mol. The number of unbranched alkanes of at least 4 members (excludes halogenated alkanes) is 9. The van der Waals surface area contributed by atoms with Crippen molar-refractivity contribution in [1.82, 2.24) is 20.6 Å². The third-order valence-electron chi connectivity index (χ3n) is 4.40. The van der Waals surface area contributed by atoms with Crippen molar-refractivity contribution in [2.45, 2.75) is 77.6 Å². The van der Waals surface area contributed by atoms with Crippen LogP contribution in [0.2, 0.25) is 0 Å². The van der Waals surface area contributed by atoms with Crippen LogP contribution in [0.5, 0.6) is 0 Å². The summed E-state index contributed by atoms with van der Waals surface area (Å²) in [7, 11) is 0. The van der Waals surface area contributed by atoms with Crippen LogP contribution in [0.4, 0.5) is 0 Å². The minimum absolute atomic E-state index is 0.702. The van der Waals surface area contributed by atoms with Gasteiger partial charge in [0.15, 0.2) is 0 Å². The second-order valence-corrected chi connectivity index (χ2v) is 6.32. The number of nitrogens with one attached hydrogen (secondary N) is 1. The van der Waals surface area contributed by atoms with Crippen LogP contribution in [0.1, 0.15) is 76.7 Å². The minimum atomic E-state index is 0.702. The smallest absolute Gasteiger partial charge is 0.177 e. The molecule has 0 atom stereocenters. The topological polar surface area (TPSA) is 54.5 Å². The molecule has 0 radical (unpaired) electrons. The van der Waals surface area contributed by atoms with E-state index in [1.807, 2.05) is 6.07 Å². The van der Waals surface area contributed by atoms with E-state index in [1.54, 1.807) is 0 Å². The van der Waals surface area contributed by atoms with Crippen molar-refractivity contribution in [3.8, 4) is 11.4 Å². The number of hydrogen-bond donors (Lipinski definition) is 1. The summed E-state index contributed by atoms with van der Waals surface area (Å²) in [5, 5.41) is 14.4. The molecule has 126 valence electrons. The molecule has 0 fully saturated rings. The third-order valence-corrected chi connectivity index (χ3v) is 4.40. The molecule has 2 rings (SSSR count). The fourth-order valence-corrected chi connectivity index (χ4v) is 3.04. The van der Waals surface area contributed by atoms with E-state index in [1.165, 1.54) is 69.8 Å². The number of aromatic amines is 1. The van der Waals surface area contributed by atoms with Gasteiger partial charge in [0.25, 0.3) is 0 Å². The average molecular weight is 314 g/mol. The van der Waals surface area contributed by atoms with Gasteiger partial charge < -0.3 is 0 Å². The van der Waals surface area contributed by atoms with Gasteiger partial charge in [0.1, 0.15) is 0 Å². The number of aromatic nitrogens is 4. The quantitative estimate of drug-likeness (QED) is 0.539. The summed E-state index contributed by atoms with van der Waals surface area (Å²) in [4.78, 5) is 0. The Labute approximate surface area is 140 Å². The van der Waals surface area contributed by atoms with E-state index in [9.17, 15) is 0 Å². The second-order valence-electron chi connectivity index (χ2n) is 6.32. The Bertz CT molecular complexity index is 522. The Balaban J connectivity index is 1.60. The molecule has 2 aromatic rings. The maximum atomic E-state index is 4.10. The van der Waals surface area contributed by atoms with E-state index in [0.29, 0.717) is 5.82 Å². The first kappa shape index (κ1) is 17.6. The molecule has 0 aliphatic carbocycles. The first-order valence-corrected chi connectivity index (χ1v) is 9.23. The lowest BCUT2D eigenvalue weighted by molar-refractivity contribution is 0.556. The van der Waals surface area contributed by atoms with E-state index in [-0.39, 0.29) is 0 Å². The van der Waals surface area contributed by atoms with Crippen molar-refractivity contribution in [2.75, 3.05) is 0 Å². The van der Waals surface area contributed by atoms with Gasteiger partial charge in [-0.1, -0.05) is 89.0 Å². The van der Waals surface area contributed by atoms with Gasteiger partial charge in [-0.3, -0.25) is 0 Å². The van der Waals surface area contributed by atoms with E-state index in [4.69, 9.17) is 0 Å². The first-order valence-electron chi connectivity index (χ1n) is 9.23. The lowest BCUT2D eigenvalue weighted by Gasteiger charge is -2.06. The Morgan fingerprint density at radius 1 is 0.826 bits per heavy atom. The lowest BCUT2D eigenvalue weighted by atomic mass is 10.00. The molecule has 1 aromatic carbocycles. The highest BCUT2D eigenvalue weighted by molar-refractivity contribution is 5.59. The maximum absolute atomic E-state index is 4.10. The van der Waals surface area contributed by atoms with Gasteiger partial charge in [-0.25, -0.2) is 0 Å². The molecule has 0 spiro atoms. The monoisotopic (exact) mass is 314 g/mol. The number of aryl methyl sites for hydroxylation is 1. The number of nitrogens with zero attached hydrogens (tertiary/aromatic N) is 3. The van der Waals surface area contributed by atoms with Crippen molar-refractivity contribution < 1.29 is 0 Å². The van der Waals surface area contributed by atoms with Crippen LogP contribution < -0.4 is 0 Å². The van der Waals surface area contributed by atoms with Crippen molar-refractivity contribution in [3.05, 3.63) is 29.8 Å². The third kappa shape index (κ3) is 6.51. The molecule has 0 saturated heterocycles. The molecule has 0 saturated carbocycles. The number of rotatable bonds is 12. The molecule has 0 bridgehead atoms. The minimum Gasteiger partial charge on any atom is -0.177 e. The summed E-state index contributed by atoms with van der Waals surface area (Å²) in [5.74, 6) is 0.702. The summed E-state index contributed by atoms with van der Waals surface area (Å²) in [5.41, 5.74) is 2.44. The zero-order valence-corrected chi connectivity index (χ0v) is 14.4. The SMILES string of the molecule is CCCCCCCCCCCCc1ccccc1-c1nn[nH]n1. The zero-order valence-electron chi connectivity index (χ0n) is 14.4. The summed E-state index contributed by atoms with van der Waals surface area (Å²) >= 11 is 0. The Morgan fingerprint density at radius 2 is 1.48 bits per heavy atom. The van der Waals surface area contributed by atoms with Gasteiger partial charge in [-0.2, -0.15) is 5.21 Å². The molecule has 0 amide bonds. The predicted octanol–water partition coefficient (Wildman–Crippen LogP) is 5.33. The van der Waals surface area contributed by atoms with E-state index < -0.39 is 0 Å². The van der Waals surface area contributed by atoms with Gasteiger partial charge in [-0.05, 0) is 23.6 Å². The van der Waals surface area contributed by atoms with Gasteiger partial charge in [0.2, 0.25) is 5.82 Å². The second kappa shape index (κ2) is 10.9.